The summed E-state index contributed by atoms with van der Waals surface area (Å²) >= 11 is 0. The molecule has 6 nitrogen and oxygen atoms in total. The van der Waals surface area contributed by atoms with Gasteiger partial charge in [0, 0.05) is 18.2 Å². The van der Waals surface area contributed by atoms with E-state index in [4.69, 9.17) is 4.74 Å². The Labute approximate surface area is 189 Å². The number of anilines is 1. The average Bonchev–Trinajstić information content (AvgIpc) is 2.76. The van der Waals surface area contributed by atoms with E-state index in [1.165, 1.54) is 0 Å². The molecule has 0 atom stereocenters. The molecule has 2 N–H and O–H groups in total. The van der Waals surface area contributed by atoms with Crippen LogP contribution in [0.4, 0.5) is 5.69 Å². The molecule has 0 aliphatic carbocycles. The highest BCUT2D eigenvalue weighted by molar-refractivity contribution is 7.93. The molecule has 0 aromatic heterocycles. The zero-order chi connectivity index (χ0) is 23.0. The smallest absolute Gasteiger partial charge is 0.241 e. The van der Waals surface area contributed by atoms with Crippen LogP contribution in [0.5, 0.6) is 5.75 Å². The second-order valence-corrected chi connectivity index (χ2v) is 9.45. The lowest BCUT2D eigenvalue weighted by molar-refractivity contribution is -0.118. The van der Waals surface area contributed by atoms with E-state index in [1.807, 2.05) is 74.5 Å². The number of rotatable bonds is 10. The predicted octanol–water partition coefficient (Wildman–Crippen LogP) is 4.16. The summed E-state index contributed by atoms with van der Waals surface area (Å²) in [5.74, 6) is -0.652. The molecule has 0 aliphatic rings. The van der Waals surface area contributed by atoms with Crippen molar-refractivity contribution in [3.05, 3.63) is 96.1 Å². The monoisotopic (exact) mass is 452 g/mol. The summed E-state index contributed by atoms with van der Waals surface area (Å²) in [5, 5.41) is 2.77. The molecule has 3 rings (SSSR count). The van der Waals surface area contributed by atoms with Gasteiger partial charge in [-0.05, 0) is 49.2 Å². The molecular formula is C25H28N2O4S. The lowest BCUT2D eigenvalue weighted by atomic mass is 9.91. The van der Waals surface area contributed by atoms with E-state index in [0.29, 0.717) is 18.0 Å². The molecule has 0 heterocycles. The molecule has 0 unspecified atom stereocenters. The van der Waals surface area contributed by atoms with Crippen LogP contribution in [0.25, 0.3) is 0 Å². The SMILES string of the molecule is CC(C)Oc1ccc(NS(=O)(=O)CC(=O)NCC(c2ccccc2)c2ccccc2)cc1. The van der Waals surface area contributed by atoms with Crippen molar-refractivity contribution >= 4 is 21.6 Å². The Balaban J connectivity index is 1.61. The number of carbonyl (C=O) groups excluding carboxylic acids is 1. The Morgan fingerprint density at radius 3 is 1.88 bits per heavy atom. The minimum Gasteiger partial charge on any atom is -0.491 e. The highest BCUT2D eigenvalue weighted by Gasteiger charge is 2.19. The highest BCUT2D eigenvalue weighted by atomic mass is 32.2. The van der Waals surface area contributed by atoms with Crippen LogP contribution in [0.15, 0.2) is 84.9 Å². The van der Waals surface area contributed by atoms with Crippen LogP contribution in [-0.4, -0.2) is 32.7 Å². The van der Waals surface area contributed by atoms with Crippen molar-refractivity contribution in [3.63, 3.8) is 0 Å². The molecule has 0 saturated heterocycles. The zero-order valence-electron chi connectivity index (χ0n) is 18.2. The van der Waals surface area contributed by atoms with E-state index in [1.54, 1.807) is 24.3 Å². The summed E-state index contributed by atoms with van der Waals surface area (Å²) in [6, 6.07) is 26.2. The van der Waals surface area contributed by atoms with Gasteiger partial charge in [-0.3, -0.25) is 9.52 Å². The van der Waals surface area contributed by atoms with E-state index in [-0.39, 0.29) is 12.0 Å². The van der Waals surface area contributed by atoms with Crippen molar-refractivity contribution in [2.75, 3.05) is 17.0 Å². The van der Waals surface area contributed by atoms with Gasteiger partial charge >= 0.3 is 0 Å². The van der Waals surface area contributed by atoms with Crippen molar-refractivity contribution in [1.29, 1.82) is 0 Å². The fraction of sp³-hybridized carbons (Fsp3) is 0.240. The number of ether oxygens (including phenoxy) is 1. The van der Waals surface area contributed by atoms with Crippen LogP contribution in [0.1, 0.15) is 30.9 Å². The number of hydrogen-bond donors (Lipinski definition) is 2. The molecule has 0 spiro atoms. The first-order valence-corrected chi connectivity index (χ1v) is 12.1. The molecule has 1 amide bonds. The predicted molar refractivity (Wildman–Crippen MR) is 127 cm³/mol. The van der Waals surface area contributed by atoms with Crippen LogP contribution in [0.2, 0.25) is 0 Å². The van der Waals surface area contributed by atoms with Gasteiger partial charge in [0.1, 0.15) is 11.5 Å². The van der Waals surface area contributed by atoms with Crippen LogP contribution < -0.4 is 14.8 Å². The zero-order valence-corrected chi connectivity index (χ0v) is 19.0. The second-order valence-electron chi connectivity index (χ2n) is 7.73. The van der Waals surface area contributed by atoms with Gasteiger partial charge in [-0.2, -0.15) is 0 Å². The van der Waals surface area contributed by atoms with Gasteiger partial charge in [-0.1, -0.05) is 60.7 Å². The van der Waals surface area contributed by atoms with Gasteiger partial charge in [-0.15, -0.1) is 0 Å². The van der Waals surface area contributed by atoms with Gasteiger partial charge in [-0.25, -0.2) is 8.42 Å². The number of nitrogens with one attached hydrogen (secondary N) is 2. The number of carbonyl (C=O) groups is 1. The lowest BCUT2D eigenvalue weighted by Gasteiger charge is -2.19. The maximum atomic E-state index is 12.5. The maximum Gasteiger partial charge on any atom is 0.241 e. The van der Waals surface area contributed by atoms with Gasteiger partial charge < -0.3 is 10.1 Å². The minimum atomic E-state index is -3.85. The van der Waals surface area contributed by atoms with Gasteiger partial charge in [0.15, 0.2) is 0 Å². The number of benzene rings is 3. The van der Waals surface area contributed by atoms with E-state index in [9.17, 15) is 13.2 Å². The third-order valence-corrected chi connectivity index (χ3v) is 5.92. The van der Waals surface area contributed by atoms with Crippen molar-refractivity contribution in [3.8, 4) is 5.75 Å². The Morgan fingerprint density at radius 2 is 1.38 bits per heavy atom. The van der Waals surface area contributed by atoms with Crippen molar-refractivity contribution < 1.29 is 17.9 Å². The Kier molecular flexibility index (Phi) is 7.89. The van der Waals surface area contributed by atoms with Crippen molar-refractivity contribution in [2.24, 2.45) is 0 Å². The van der Waals surface area contributed by atoms with E-state index >= 15 is 0 Å². The molecule has 3 aromatic rings. The highest BCUT2D eigenvalue weighted by Crippen LogP contribution is 2.23. The fourth-order valence-electron chi connectivity index (χ4n) is 3.33. The molecule has 0 saturated carbocycles. The minimum absolute atomic E-state index is 0.0248. The Bertz CT molecular complexity index is 1060. The first-order valence-electron chi connectivity index (χ1n) is 10.5. The third-order valence-electron chi connectivity index (χ3n) is 4.73. The molecule has 0 fully saturated rings. The first-order chi connectivity index (χ1) is 15.3. The number of hydrogen-bond acceptors (Lipinski definition) is 4. The van der Waals surface area contributed by atoms with E-state index < -0.39 is 21.7 Å². The van der Waals surface area contributed by atoms with Crippen LogP contribution in [0.3, 0.4) is 0 Å². The summed E-state index contributed by atoms with van der Waals surface area (Å²) in [6.07, 6.45) is 0.0248. The average molecular weight is 453 g/mol. The molecule has 7 heteroatoms. The largest absolute Gasteiger partial charge is 0.491 e. The lowest BCUT2D eigenvalue weighted by Crippen LogP contribution is -2.35. The number of amides is 1. The van der Waals surface area contributed by atoms with E-state index in [0.717, 1.165) is 11.1 Å². The van der Waals surface area contributed by atoms with Crippen LogP contribution >= 0.6 is 0 Å². The van der Waals surface area contributed by atoms with Crippen LogP contribution in [0, 0.1) is 0 Å². The first kappa shape index (κ1) is 23.3. The Morgan fingerprint density at radius 1 is 0.844 bits per heavy atom. The fourth-order valence-corrected chi connectivity index (χ4v) is 4.34. The van der Waals surface area contributed by atoms with E-state index in [2.05, 4.69) is 10.0 Å². The topological polar surface area (TPSA) is 84.5 Å². The molecule has 0 radical (unpaired) electrons. The number of sulfonamides is 1. The quantitative estimate of drug-likeness (QED) is 0.484. The Hall–Kier alpha value is -3.32. The second kappa shape index (κ2) is 10.8. The van der Waals surface area contributed by atoms with Crippen molar-refractivity contribution in [1.82, 2.24) is 5.32 Å². The normalized spacial score (nSPS) is 11.4. The summed E-state index contributed by atoms with van der Waals surface area (Å²) in [5.41, 5.74) is 2.47. The molecule has 0 aliphatic heterocycles. The molecule has 32 heavy (non-hydrogen) atoms. The maximum absolute atomic E-state index is 12.5. The summed E-state index contributed by atoms with van der Waals surface area (Å²) in [4.78, 5) is 12.4. The van der Waals surface area contributed by atoms with Crippen molar-refractivity contribution in [2.45, 2.75) is 25.9 Å². The molecule has 168 valence electrons. The summed E-state index contributed by atoms with van der Waals surface area (Å²) in [7, 11) is -3.85. The van der Waals surface area contributed by atoms with Gasteiger partial charge in [0.05, 0.1) is 6.10 Å². The summed E-state index contributed by atoms with van der Waals surface area (Å²) < 4.78 is 32.9. The molecule has 3 aromatic carbocycles. The summed E-state index contributed by atoms with van der Waals surface area (Å²) in [6.45, 7) is 4.12. The standard InChI is InChI=1S/C25H28N2O4S/c1-19(2)31-23-15-13-22(14-16-23)27-32(29,30)18-25(28)26-17-24(20-9-5-3-6-10-20)21-11-7-4-8-12-21/h3-16,19,24,27H,17-18H2,1-2H3,(H,26,28). The van der Waals surface area contributed by atoms with Crippen LogP contribution in [-0.2, 0) is 14.8 Å². The third kappa shape index (κ3) is 7.13. The van der Waals surface area contributed by atoms with Gasteiger partial charge in [0.25, 0.3) is 0 Å². The molecule has 0 bridgehead atoms. The molecular weight excluding hydrogens is 424 g/mol. The van der Waals surface area contributed by atoms with Gasteiger partial charge in [0.2, 0.25) is 15.9 Å².